The number of hydrogen-bond donors (Lipinski definition) is 1. The molecule has 248 valence electrons. The monoisotopic (exact) mass is 673 g/mol. The van der Waals surface area contributed by atoms with Crippen LogP contribution < -0.4 is 14.4 Å². The van der Waals surface area contributed by atoms with E-state index in [0.29, 0.717) is 18.9 Å². The first kappa shape index (κ1) is 35.6. The first-order valence-electron chi connectivity index (χ1n) is 15.7. The molecule has 0 fully saturated rings. The number of ether oxygens (including phenoxy) is 1. The van der Waals surface area contributed by atoms with Crippen molar-refractivity contribution in [3.05, 3.63) is 120 Å². The second kappa shape index (κ2) is 17.0. The third kappa shape index (κ3) is 9.39. The lowest BCUT2D eigenvalue weighted by Gasteiger charge is -2.34. The quantitative estimate of drug-likeness (QED) is 0.137. The number of hydrogen-bond acceptors (Lipinski definition) is 6. The van der Waals surface area contributed by atoms with Crippen LogP contribution in [0.25, 0.3) is 0 Å². The topological polar surface area (TPSA) is 96.0 Å². The molecular formula is C37H43N3O5S2. The molecule has 10 heteroatoms. The molecule has 1 N–H and O–H groups in total. The van der Waals surface area contributed by atoms with E-state index in [4.69, 9.17) is 4.74 Å². The van der Waals surface area contributed by atoms with Crippen molar-refractivity contribution < 1.29 is 22.7 Å². The minimum Gasteiger partial charge on any atom is -0.492 e. The summed E-state index contributed by atoms with van der Waals surface area (Å²) in [5.74, 6) is -0.486. The van der Waals surface area contributed by atoms with Crippen LogP contribution >= 0.6 is 11.8 Å². The van der Waals surface area contributed by atoms with Gasteiger partial charge >= 0.3 is 0 Å². The van der Waals surface area contributed by atoms with E-state index in [-0.39, 0.29) is 29.5 Å². The Kier molecular flexibility index (Phi) is 12.9. The molecule has 0 heterocycles. The normalized spacial score (nSPS) is 11.8. The molecule has 47 heavy (non-hydrogen) atoms. The van der Waals surface area contributed by atoms with Gasteiger partial charge in [0.2, 0.25) is 11.8 Å². The zero-order valence-electron chi connectivity index (χ0n) is 27.4. The molecule has 0 aliphatic carbocycles. The lowest BCUT2D eigenvalue weighted by Crippen LogP contribution is -2.53. The molecule has 0 saturated heterocycles. The van der Waals surface area contributed by atoms with Crippen LogP contribution in [0.2, 0.25) is 0 Å². The number of thioether (sulfide) groups is 1. The molecule has 0 aromatic heterocycles. The van der Waals surface area contributed by atoms with Crippen LogP contribution in [0.5, 0.6) is 5.75 Å². The molecule has 0 bridgehead atoms. The van der Waals surface area contributed by atoms with Crippen LogP contribution in [0.3, 0.4) is 0 Å². The Balaban J connectivity index is 1.83. The number of anilines is 1. The number of rotatable bonds is 16. The van der Waals surface area contributed by atoms with Gasteiger partial charge in [-0.15, -0.1) is 11.8 Å². The Morgan fingerprint density at radius 2 is 1.51 bits per heavy atom. The van der Waals surface area contributed by atoms with Crippen molar-refractivity contribution in [1.29, 1.82) is 0 Å². The van der Waals surface area contributed by atoms with E-state index in [9.17, 15) is 18.0 Å². The second-order valence-electron chi connectivity index (χ2n) is 11.1. The fourth-order valence-electron chi connectivity index (χ4n) is 5.14. The summed E-state index contributed by atoms with van der Waals surface area (Å²) in [7, 11) is -4.25. The average molecular weight is 674 g/mol. The molecule has 0 spiro atoms. The predicted octanol–water partition coefficient (Wildman–Crippen LogP) is 6.48. The van der Waals surface area contributed by atoms with Gasteiger partial charge in [-0.05, 0) is 74.0 Å². The van der Waals surface area contributed by atoms with Gasteiger partial charge in [-0.3, -0.25) is 13.9 Å². The molecule has 2 amide bonds. The van der Waals surface area contributed by atoms with Gasteiger partial charge < -0.3 is 15.0 Å². The number of para-hydroxylation sites is 2. The van der Waals surface area contributed by atoms with Crippen LogP contribution in [-0.4, -0.2) is 57.1 Å². The first-order valence-corrected chi connectivity index (χ1v) is 18.4. The molecule has 4 rings (SSSR count). The molecule has 1 atom stereocenters. The molecule has 0 saturated carbocycles. The Morgan fingerprint density at radius 1 is 0.851 bits per heavy atom. The zero-order chi connectivity index (χ0) is 33.8. The Labute approximate surface area is 283 Å². The standard InChI is InChI=1S/C37H43N3O5S2/c1-5-24-38-37(42)34(25-29-12-8-7-9-13-29)39(26-30-18-16-28(3)17-19-30)36(41)27-40(33-14-10-11-15-35(33)45-6-2)47(43,44)32-22-20-31(46-4)21-23-32/h7-23,34H,5-6,24-27H2,1-4H3,(H,38,42)/t34-/m1/s1. The summed E-state index contributed by atoms with van der Waals surface area (Å²) in [6, 6.07) is 29.7. The summed E-state index contributed by atoms with van der Waals surface area (Å²) in [6.07, 6.45) is 2.90. The smallest absolute Gasteiger partial charge is 0.264 e. The third-order valence-electron chi connectivity index (χ3n) is 7.65. The van der Waals surface area contributed by atoms with Crippen molar-refractivity contribution in [2.75, 3.05) is 30.3 Å². The van der Waals surface area contributed by atoms with E-state index < -0.39 is 28.5 Å². The van der Waals surface area contributed by atoms with Crippen molar-refractivity contribution in [1.82, 2.24) is 10.2 Å². The van der Waals surface area contributed by atoms with Gasteiger partial charge in [-0.25, -0.2) is 8.42 Å². The predicted molar refractivity (Wildman–Crippen MR) is 189 cm³/mol. The number of aryl methyl sites for hydroxylation is 1. The molecular weight excluding hydrogens is 631 g/mol. The van der Waals surface area contributed by atoms with E-state index in [0.717, 1.165) is 32.3 Å². The second-order valence-corrected chi connectivity index (χ2v) is 13.8. The number of nitrogens with zero attached hydrogens (tertiary/aromatic N) is 2. The molecule has 8 nitrogen and oxygen atoms in total. The minimum atomic E-state index is -4.25. The number of carbonyl (C=O) groups is 2. The van der Waals surface area contributed by atoms with Crippen molar-refractivity contribution in [3.63, 3.8) is 0 Å². The number of sulfonamides is 1. The van der Waals surface area contributed by atoms with Gasteiger partial charge in [-0.1, -0.05) is 79.2 Å². The van der Waals surface area contributed by atoms with Gasteiger partial charge in [0.1, 0.15) is 18.3 Å². The van der Waals surface area contributed by atoms with E-state index >= 15 is 0 Å². The Hall–Kier alpha value is -4.28. The van der Waals surface area contributed by atoms with Crippen molar-refractivity contribution in [3.8, 4) is 5.75 Å². The molecule has 4 aromatic carbocycles. The number of amides is 2. The average Bonchev–Trinajstić information content (AvgIpc) is 3.09. The lowest BCUT2D eigenvalue weighted by atomic mass is 10.0. The van der Waals surface area contributed by atoms with Crippen molar-refractivity contribution in [2.24, 2.45) is 0 Å². The van der Waals surface area contributed by atoms with Crippen LogP contribution in [0.1, 0.15) is 37.0 Å². The highest BCUT2D eigenvalue weighted by atomic mass is 32.2. The van der Waals surface area contributed by atoms with E-state index in [1.807, 2.05) is 81.6 Å². The van der Waals surface area contributed by atoms with Crippen LogP contribution in [0.4, 0.5) is 5.69 Å². The van der Waals surface area contributed by atoms with Gasteiger partial charge in [0.05, 0.1) is 17.2 Å². The van der Waals surface area contributed by atoms with E-state index in [1.165, 1.54) is 16.7 Å². The highest BCUT2D eigenvalue weighted by Crippen LogP contribution is 2.33. The van der Waals surface area contributed by atoms with Gasteiger partial charge in [0.25, 0.3) is 10.0 Å². The fraction of sp³-hybridized carbons (Fsp3) is 0.297. The summed E-state index contributed by atoms with van der Waals surface area (Å²) in [6.45, 7) is 6.07. The van der Waals surface area contributed by atoms with Gasteiger partial charge in [-0.2, -0.15) is 0 Å². The maximum atomic E-state index is 14.7. The van der Waals surface area contributed by atoms with Crippen LogP contribution in [0, 0.1) is 6.92 Å². The summed E-state index contributed by atoms with van der Waals surface area (Å²) in [5, 5.41) is 2.97. The third-order valence-corrected chi connectivity index (χ3v) is 10.2. The van der Waals surface area contributed by atoms with Crippen LogP contribution in [-0.2, 0) is 32.6 Å². The molecule has 0 aliphatic heterocycles. The largest absolute Gasteiger partial charge is 0.492 e. The molecule has 0 radical (unpaired) electrons. The van der Waals surface area contributed by atoms with E-state index in [1.54, 1.807) is 48.5 Å². The van der Waals surface area contributed by atoms with Crippen LogP contribution in [0.15, 0.2) is 113 Å². The minimum absolute atomic E-state index is 0.0426. The fourth-order valence-corrected chi connectivity index (χ4v) is 6.97. The number of carbonyl (C=O) groups excluding carboxylic acids is 2. The van der Waals surface area contributed by atoms with E-state index in [2.05, 4.69) is 5.32 Å². The van der Waals surface area contributed by atoms with Crippen molar-refractivity contribution in [2.45, 2.75) is 56.0 Å². The summed E-state index contributed by atoms with van der Waals surface area (Å²) >= 11 is 1.50. The molecule has 0 unspecified atom stereocenters. The summed E-state index contributed by atoms with van der Waals surface area (Å²) in [4.78, 5) is 30.9. The lowest BCUT2D eigenvalue weighted by molar-refractivity contribution is -0.140. The first-order chi connectivity index (χ1) is 22.7. The number of benzene rings is 4. The number of nitrogens with one attached hydrogen (secondary N) is 1. The summed E-state index contributed by atoms with van der Waals surface area (Å²) in [5.41, 5.74) is 3.00. The maximum absolute atomic E-state index is 14.7. The van der Waals surface area contributed by atoms with Gasteiger partial charge in [0.15, 0.2) is 0 Å². The van der Waals surface area contributed by atoms with Crippen molar-refractivity contribution >= 4 is 39.3 Å². The summed E-state index contributed by atoms with van der Waals surface area (Å²) < 4.78 is 35.7. The molecule has 4 aromatic rings. The SMILES string of the molecule is CCCNC(=O)[C@@H](Cc1ccccc1)N(Cc1ccc(C)cc1)C(=O)CN(c1ccccc1OCC)S(=O)(=O)c1ccc(SC)cc1. The van der Waals surface area contributed by atoms with Gasteiger partial charge in [0, 0.05) is 24.4 Å². The highest BCUT2D eigenvalue weighted by Gasteiger charge is 2.35. The zero-order valence-corrected chi connectivity index (χ0v) is 29.0. The Bertz CT molecular complexity index is 1710. The molecule has 0 aliphatic rings. The Morgan fingerprint density at radius 3 is 2.15 bits per heavy atom. The highest BCUT2D eigenvalue weighted by molar-refractivity contribution is 7.98. The maximum Gasteiger partial charge on any atom is 0.264 e.